The zero-order valence-corrected chi connectivity index (χ0v) is 18.3. The van der Waals surface area contributed by atoms with Crippen LogP contribution >= 0.6 is 11.3 Å². The van der Waals surface area contributed by atoms with Crippen LogP contribution in [0.5, 0.6) is 0 Å². The summed E-state index contributed by atoms with van der Waals surface area (Å²) in [4.78, 5) is 13.7. The highest BCUT2D eigenvalue weighted by molar-refractivity contribution is 7.18. The van der Waals surface area contributed by atoms with Crippen LogP contribution in [0.25, 0.3) is 21.6 Å². The Kier molecular flexibility index (Phi) is 5.58. The minimum atomic E-state index is -0.833. The van der Waals surface area contributed by atoms with E-state index in [1.54, 1.807) is 23.7 Å². The van der Waals surface area contributed by atoms with E-state index in [0.29, 0.717) is 12.4 Å². The molecule has 0 aliphatic heterocycles. The third-order valence-electron chi connectivity index (χ3n) is 5.38. The molecule has 3 heterocycles. The van der Waals surface area contributed by atoms with Gasteiger partial charge >= 0.3 is 0 Å². The van der Waals surface area contributed by atoms with Gasteiger partial charge in [-0.15, -0.1) is 11.3 Å². The van der Waals surface area contributed by atoms with Gasteiger partial charge in [-0.2, -0.15) is 0 Å². The lowest BCUT2D eigenvalue weighted by Crippen LogP contribution is -2.31. The lowest BCUT2D eigenvalue weighted by molar-refractivity contribution is 0.212. The van der Waals surface area contributed by atoms with Crippen LogP contribution in [0.1, 0.15) is 24.0 Å². The molecule has 1 atom stereocenters. The number of fused-ring (bicyclic) bond motifs is 1. The summed E-state index contributed by atoms with van der Waals surface area (Å²) < 4.78 is 0.932. The zero-order valence-electron chi connectivity index (χ0n) is 17.5. The molecule has 6 nitrogen and oxygen atoms in total. The van der Waals surface area contributed by atoms with Crippen LogP contribution in [-0.4, -0.2) is 38.2 Å². The lowest BCUT2D eigenvalue weighted by Gasteiger charge is -2.14. The summed E-state index contributed by atoms with van der Waals surface area (Å²) >= 11 is 1.55. The van der Waals surface area contributed by atoms with Crippen molar-refractivity contribution >= 4 is 27.4 Å². The third kappa shape index (κ3) is 4.63. The SMILES string of the molecule is N[C@@H](CNc1nc(-c2ccncc2)nc2c(C#CC3(O)CC3)csc12)Cc1ccccc1. The maximum absolute atomic E-state index is 10.1. The number of thiophene rings is 1. The van der Waals surface area contributed by atoms with Crippen molar-refractivity contribution in [2.45, 2.75) is 30.9 Å². The second-order valence-electron chi connectivity index (χ2n) is 8.07. The van der Waals surface area contributed by atoms with Crippen LogP contribution in [0.4, 0.5) is 5.82 Å². The highest BCUT2D eigenvalue weighted by Crippen LogP contribution is 2.35. The molecule has 4 N–H and O–H groups in total. The van der Waals surface area contributed by atoms with Gasteiger partial charge in [0.25, 0.3) is 0 Å². The predicted octanol–water partition coefficient (Wildman–Crippen LogP) is 3.61. The maximum Gasteiger partial charge on any atom is 0.162 e. The van der Waals surface area contributed by atoms with Crippen LogP contribution in [0, 0.1) is 11.8 Å². The molecule has 160 valence electrons. The van der Waals surface area contributed by atoms with E-state index in [4.69, 9.17) is 15.7 Å². The smallest absolute Gasteiger partial charge is 0.162 e. The molecule has 1 saturated carbocycles. The summed E-state index contributed by atoms with van der Waals surface area (Å²) in [6.45, 7) is 0.579. The van der Waals surface area contributed by atoms with Gasteiger partial charge in [-0.1, -0.05) is 42.2 Å². The molecule has 32 heavy (non-hydrogen) atoms. The van der Waals surface area contributed by atoms with Gasteiger partial charge in [0, 0.05) is 35.9 Å². The summed E-state index contributed by atoms with van der Waals surface area (Å²) in [7, 11) is 0. The molecule has 0 bridgehead atoms. The fourth-order valence-electron chi connectivity index (χ4n) is 3.40. The summed E-state index contributed by atoms with van der Waals surface area (Å²) in [5, 5.41) is 15.5. The van der Waals surface area contributed by atoms with E-state index in [9.17, 15) is 5.11 Å². The monoisotopic (exact) mass is 441 g/mol. The zero-order chi connectivity index (χ0) is 22.0. The molecule has 1 fully saturated rings. The Balaban J connectivity index is 1.46. The van der Waals surface area contributed by atoms with E-state index in [1.165, 1.54) is 5.56 Å². The van der Waals surface area contributed by atoms with Crippen molar-refractivity contribution in [1.82, 2.24) is 15.0 Å². The molecule has 5 rings (SSSR count). The Morgan fingerprint density at radius 1 is 1.12 bits per heavy atom. The Morgan fingerprint density at radius 3 is 2.66 bits per heavy atom. The van der Waals surface area contributed by atoms with Crippen LogP contribution in [0.15, 0.2) is 60.2 Å². The van der Waals surface area contributed by atoms with Crippen LogP contribution in [-0.2, 0) is 6.42 Å². The van der Waals surface area contributed by atoms with Gasteiger partial charge in [0.1, 0.15) is 16.9 Å². The highest BCUT2D eigenvalue weighted by Gasteiger charge is 2.38. The van der Waals surface area contributed by atoms with Crippen LogP contribution in [0.3, 0.4) is 0 Å². The van der Waals surface area contributed by atoms with E-state index < -0.39 is 5.60 Å². The average molecular weight is 442 g/mol. The normalized spacial score (nSPS) is 15.1. The molecule has 4 aromatic rings. The summed E-state index contributed by atoms with van der Waals surface area (Å²) in [6, 6.07) is 13.9. The molecule has 0 saturated heterocycles. The summed E-state index contributed by atoms with van der Waals surface area (Å²) in [5.74, 6) is 7.46. The van der Waals surface area contributed by atoms with Crippen molar-refractivity contribution in [3.8, 4) is 23.2 Å². The molecule has 0 amide bonds. The average Bonchev–Trinajstić information content (AvgIpc) is 3.42. The number of aliphatic hydroxyl groups is 1. The Morgan fingerprint density at radius 2 is 1.91 bits per heavy atom. The first-order chi connectivity index (χ1) is 15.6. The topological polar surface area (TPSA) is 97.0 Å². The number of benzene rings is 1. The van der Waals surface area contributed by atoms with E-state index >= 15 is 0 Å². The minimum absolute atomic E-state index is 0.0601. The van der Waals surface area contributed by atoms with E-state index in [2.05, 4.69) is 34.3 Å². The van der Waals surface area contributed by atoms with Gasteiger partial charge in [0.2, 0.25) is 0 Å². The van der Waals surface area contributed by atoms with Crippen molar-refractivity contribution in [2.24, 2.45) is 5.73 Å². The quantitative estimate of drug-likeness (QED) is 0.396. The van der Waals surface area contributed by atoms with Gasteiger partial charge in [-0.05, 0) is 37.0 Å². The molecule has 0 unspecified atom stereocenters. The van der Waals surface area contributed by atoms with Gasteiger partial charge in [-0.3, -0.25) is 4.98 Å². The van der Waals surface area contributed by atoms with Crippen LogP contribution < -0.4 is 11.1 Å². The molecule has 1 aliphatic carbocycles. The minimum Gasteiger partial charge on any atom is -0.378 e. The fourth-order valence-corrected chi connectivity index (χ4v) is 4.30. The Hall–Kier alpha value is -3.31. The number of nitrogens with two attached hydrogens (primary N) is 1. The second kappa shape index (κ2) is 8.67. The molecule has 0 spiro atoms. The standard InChI is InChI=1S/C25H23N5OS/c26-20(14-17-4-2-1-3-5-17)15-28-24-22-21(19(16-32-22)6-9-25(31)10-11-25)29-23(30-24)18-7-12-27-13-8-18/h1-5,7-8,12-13,16,20,31H,10-11,14-15,26H2,(H,28,29,30)/t20-/m1/s1. The molecule has 1 aromatic carbocycles. The third-order valence-corrected chi connectivity index (χ3v) is 6.36. The van der Waals surface area contributed by atoms with Gasteiger partial charge in [0.15, 0.2) is 5.82 Å². The molecule has 0 radical (unpaired) electrons. The first kappa shape index (κ1) is 20.6. The van der Waals surface area contributed by atoms with E-state index in [0.717, 1.165) is 46.4 Å². The number of hydrogen-bond donors (Lipinski definition) is 3. The van der Waals surface area contributed by atoms with E-state index in [-0.39, 0.29) is 6.04 Å². The summed E-state index contributed by atoms with van der Waals surface area (Å²) in [5.41, 5.74) is 9.24. The number of anilines is 1. The predicted molar refractivity (Wildman–Crippen MR) is 128 cm³/mol. The van der Waals surface area contributed by atoms with Crippen molar-refractivity contribution < 1.29 is 5.11 Å². The van der Waals surface area contributed by atoms with E-state index in [1.807, 2.05) is 35.7 Å². The number of rotatable bonds is 6. The van der Waals surface area contributed by atoms with Crippen molar-refractivity contribution in [3.63, 3.8) is 0 Å². The lowest BCUT2D eigenvalue weighted by atomic mass is 10.1. The number of nitrogens with zero attached hydrogens (tertiary/aromatic N) is 3. The van der Waals surface area contributed by atoms with Crippen molar-refractivity contribution in [3.05, 3.63) is 71.4 Å². The summed E-state index contributed by atoms with van der Waals surface area (Å²) in [6.07, 6.45) is 5.68. The molecule has 1 aliphatic rings. The first-order valence-corrected chi connectivity index (χ1v) is 11.5. The fraction of sp³-hybridized carbons (Fsp3) is 0.240. The Labute approximate surface area is 190 Å². The maximum atomic E-state index is 10.1. The van der Waals surface area contributed by atoms with Gasteiger partial charge in [-0.25, -0.2) is 9.97 Å². The Bertz CT molecular complexity index is 1290. The molecular weight excluding hydrogens is 418 g/mol. The highest BCUT2D eigenvalue weighted by atomic mass is 32.1. The van der Waals surface area contributed by atoms with Gasteiger partial charge in [0.05, 0.1) is 10.3 Å². The number of nitrogens with one attached hydrogen (secondary N) is 1. The van der Waals surface area contributed by atoms with Crippen LogP contribution in [0.2, 0.25) is 0 Å². The number of hydrogen-bond acceptors (Lipinski definition) is 7. The van der Waals surface area contributed by atoms with Crippen molar-refractivity contribution in [1.29, 1.82) is 0 Å². The number of pyridine rings is 1. The first-order valence-electron chi connectivity index (χ1n) is 10.6. The number of aromatic nitrogens is 3. The van der Waals surface area contributed by atoms with Crippen molar-refractivity contribution in [2.75, 3.05) is 11.9 Å². The molecule has 7 heteroatoms. The second-order valence-corrected chi connectivity index (χ2v) is 8.95. The van der Waals surface area contributed by atoms with Gasteiger partial charge < -0.3 is 16.2 Å². The molecular formula is C25H23N5OS. The molecule has 3 aromatic heterocycles. The largest absolute Gasteiger partial charge is 0.378 e.